The lowest BCUT2D eigenvalue weighted by molar-refractivity contribution is -0.112. The summed E-state index contributed by atoms with van der Waals surface area (Å²) in [7, 11) is 0. The summed E-state index contributed by atoms with van der Waals surface area (Å²) in [5.74, 6) is 1.17. The van der Waals surface area contributed by atoms with E-state index in [1.165, 1.54) is 30.4 Å². The van der Waals surface area contributed by atoms with E-state index in [-0.39, 0.29) is 29.0 Å². The highest BCUT2D eigenvalue weighted by Crippen LogP contribution is 2.46. The minimum absolute atomic E-state index is 0.00991. The Hall–Kier alpha value is -3.87. The number of nitriles is 1. The van der Waals surface area contributed by atoms with Crippen molar-refractivity contribution in [1.29, 1.82) is 5.26 Å². The van der Waals surface area contributed by atoms with Crippen LogP contribution in [0.2, 0.25) is 0 Å². The zero-order valence-corrected chi connectivity index (χ0v) is 38.1. The number of fused-ring (bicyclic) bond motifs is 2. The van der Waals surface area contributed by atoms with Crippen LogP contribution in [0.5, 0.6) is 0 Å². The molecule has 1 aromatic carbocycles. The van der Waals surface area contributed by atoms with Crippen LogP contribution in [0.3, 0.4) is 0 Å². The Bertz CT molecular complexity index is 2030. The zero-order valence-electron chi connectivity index (χ0n) is 37.3. The van der Waals surface area contributed by atoms with Crippen LogP contribution in [0.25, 0.3) is 15.7 Å². The molecule has 2 aliphatic heterocycles. The molecule has 1 aromatic heterocycles. The maximum atomic E-state index is 17.9. The standard InChI is InChI=1S/C45H62F2N4OS.C4H6O/c1-12-15-38(52-26-45-20-14-21-50(45)25-30(9)23-45)49-42-34(32(11)51(13-2)37(28(5)6)19-16-27(3)4)22-31(10)39(41(42)47)33-17-18-36(46)44-40(33)35(24-48)43(53-44)29(7)8;1-3-4(2)5/h15,17-18,22,27-30,37H,12-14,16,19-21,23,25-26H2,1-11H3;3H,1H2,2H3/b34-32+,38-15-,49-42+;/t30-,37?,45?;/m1./s1. The van der Waals surface area contributed by atoms with Gasteiger partial charge in [-0.05, 0) is 132 Å². The van der Waals surface area contributed by atoms with Crippen LogP contribution in [-0.2, 0) is 9.53 Å². The summed E-state index contributed by atoms with van der Waals surface area (Å²) in [6.45, 7) is 31.8. The average Bonchev–Trinajstić information content (AvgIpc) is 3.84. The average molecular weight is 815 g/mol. The monoisotopic (exact) mass is 815 g/mol. The van der Waals surface area contributed by atoms with Gasteiger partial charge in [0.15, 0.2) is 11.6 Å². The van der Waals surface area contributed by atoms with Crippen LogP contribution >= 0.6 is 11.3 Å². The number of rotatable bonds is 15. The van der Waals surface area contributed by atoms with E-state index in [1.807, 2.05) is 39.8 Å². The first kappa shape index (κ1) is 46.8. The normalized spacial score (nSPS) is 22.0. The highest BCUT2D eigenvalue weighted by molar-refractivity contribution is 7.19. The van der Waals surface area contributed by atoms with E-state index in [0.717, 1.165) is 67.9 Å². The molecule has 0 radical (unpaired) electrons. The largest absolute Gasteiger partial charge is 0.476 e. The maximum Gasteiger partial charge on any atom is 0.209 e. The third-order valence-corrected chi connectivity index (χ3v) is 13.4. The summed E-state index contributed by atoms with van der Waals surface area (Å²) in [6, 6.07) is 5.66. The number of hydrogen-bond acceptors (Lipinski definition) is 7. The van der Waals surface area contributed by atoms with Crippen molar-refractivity contribution in [2.45, 2.75) is 139 Å². The second-order valence-electron chi connectivity index (χ2n) is 17.6. The second-order valence-corrected chi connectivity index (χ2v) is 18.6. The van der Waals surface area contributed by atoms with Gasteiger partial charge in [0.25, 0.3) is 0 Å². The topological polar surface area (TPSA) is 68.9 Å². The Morgan fingerprint density at radius 1 is 1.17 bits per heavy atom. The van der Waals surface area contributed by atoms with E-state index >= 15 is 8.78 Å². The number of hydrogen-bond donors (Lipinski definition) is 0. The molecule has 3 aliphatic rings. The van der Waals surface area contributed by atoms with Crippen molar-refractivity contribution in [2.75, 3.05) is 26.2 Å². The van der Waals surface area contributed by atoms with Gasteiger partial charge >= 0.3 is 0 Å². The van der Waals surface area contributed by atoms with E-state index in [0.29, 0.717) is 69.0 Å². The second kappa shape index (κ2) is 20.4. The number of carbonyl (C=O) groups excluding carboxylic acids is 1. The predicted molar refractivity (Wildman–Crippen MR) is 240 cm³/mol. The Morgan fingerprint density at radius 2 is 1.86 bits per heavy atom. The van der Waals surface area contributed by atoms with Crippen LogP contribution < -0.4 is 0 Å². The molecule has 9 heteroatoms. The molecule has 2 unspecified atom stereocenters. The summed E-state index contributed by atoms with van der Waals surface area (Å²) in [4.78, 5) is 20.6. The third-order valence-electron chi connectivity index (χ3n) is 11.9. The molecule has 5 rings (SSSR count). The van der Waals surface area contributed by atoms with Gasteiger partial charge < -0.3 is 9.64 Å². The van der Waals surface area contributed by atoms with E-state index in [4.69, 9.17) is 9.73 Å². The first-order valence-corrected chi connectivity index (χ1v) is 22.3. The lowest BCUT2D eigenvalue weighted by atomic mass is 9.85. The molecule has 6 nitrogen and oxygen atoms in total. The molecule has 0 bridgehead atoms. The number of carbonyl (C=O) groups is 1. The van der Waals surface area contributed by atoms with Crippen LogP contribution in [0, 0.1) is 34.9 Å². The highest BCUT2D eigenvalue weighted by Gasteiger charge is 2.47. The summed E-state index contributed by atoms with van der Waals surface area (Å²) >= 11 is 1.29. The number of ketones is 1. The van der Waals surface area contributed by atoms with Crippen LogP contribution in [0.15, 0.2) is 70.5 Å². The number of halogens is 2. The molecule has 1 aliphatic carbocycles. The van der Waals surface area contributed by atoms with Gasteiger partial charge in [0, 0.05) is 46.2 Å². The Balaban J connectivity index is 0.00000140. The molecule has 0 spiro atoms. The summed E-state index contributed by atoms with van der Waals surface area (Å²) < 4.78 is 40.3. The zero-order chi connectivity index (χ0) is 43.1. The van der Waals surface area contributed by atoms with Crippen LogP contribution in [-0.4, -0.2) is 59.1 Å². The van der Waals surface area contributed by atoms with Crippen molar-refractivity contribution in [3.63, 3.8) is 0 Å². The number of ether oxygens (including phenoxy) is 1. The van der Waals surface area contributed by atoms with Gasteiger partial charge in [-0.3, -0.25) is 9.69 Å². The van der Waals surface area contributed by atoms with Crippen LogP contribution in [0.1, 0.15) is 144 Å². The van der Waals surface area contributed by atoms with Crippen molar-refractivity contribution in [3.05, 3.63) is 87.3 Å². The van der Waals surface area contributed by atoms with E-state index in [1.54, 1.807) is 6.07 Å². The molecule has 58 heavy (non-hydrogen) atoms. The summed E-state index contributed by atoms with van der Waals surface area (Å²) in [5.41, 5.74) is 3.92. The van der Waals surface area contributed by atoms with Gasteiger partial charge in [0.05, 0.1) is 15.8 Å². The van der Waals surface area contributed by atoms with E-state index < -0.39 is 11.6 Å². The Morgan fingerprint density at radius 3 is 2.43 bits per heavy atom. The molecular weight excluding hydrogens is 747 g/mol. The first-order valence-electron chi connectivity index (χ1n) is 21.5. The van der Waals surface area contributed by atoms with Crippen molar-refractivity contribution in [3.8, 4) is 6.07 Å². The van der Waals surface area contributed by atoms with Gasteiger partial charge in [-0.15, -0.1) is 11.3 Å². The fourth-order valence-corrected chi connectivity index (χ4v) is 10.3. The fourth-order valence-electron chi connectivity index (χ4n) is 9.08. The van der Waals surface area contributed by atoms with Crippen LogP contribution in [0.4, 0.5) is 8.78 Å². The number of aliphatic imine (C=N–C) groups is 1. The number of nitrogens with zero attached hydrogens (tertiary/aromatic N) is 4. The van der Waals surface area contributed by atoms with E-state index in [9.17, 15) is 10.1 Å². The van der Waals surface area contributed by atoms with Crippen molar-refractivity contribution in [2.24, 2.45) is 22.7 Å². The van der Waals surface area contributed by atoms with Gasteiger partial charge in [-0.25, -0.2) is 13.8 Å². The van der Waals surface area contributed by atoms with Gasteiger partial charge in [-0.1, -0.05) is 68.0 Å². The summed E-state index contributed by atoms with van der Waals surface area (Å²) in [5, 5.41) is 10.9. The smallest absolute Gasteiger partial charge is 0.209 e. The fraction of sp³-hybridized carbons (Fsp3) is 0.571. The minimum atomic E-state index is -0.478. The molecule has 0 amide bonds. The molecule has 2 fully saturated rings. The minimum Gasteiger partial charge on any atom is -0.476 e. The molecular formula is C49H68F2N4O2S. The molecule has 0 N–H and O–H groups in total. The van der Waals surface area contributed by atoms with Crippen molar-refractivity contribution >= 4 is 38.5 Å². The number of benzene rings is 1. The third kappa shape index (κ3) is 10.3. The highest BCUT2D eigenvalue weighted by atomic mass is 32.1. The molecule has 3 heterocycles. The predicted octanol–water partition coefficient (Wildman–Crippen LogP) is 13.1. The molecule has 0 saturated carbocycles. The first-order chi connectivity index (χ1) is 27.4. The molecule has 2 saturated heterocycles. The van der Waals surface area contributed by atoms with Gasteiger partial charge in [0.2, 0.25) is 5.88 Å². The lowest BCUT2D eigenvalue weighted by Crippen LogP contribution is -2.42. The quantitative estimate of drug-likeness (QED) is 0.132. The maximum absolute atomic E-state index is 17.9. The van der Waals surface area contributed by atoms with Crippen molar-refractivity contribution < 1.29 is 18.3 Å². The Kier molecular flexibility index (Phi) is 16.5. The van der Waals surface area contributed by atoms with Gasteiger partial charge in [-0.2, -0.15) is 5.26 Å². The Labute approximate surface area is 352 Å². The number of allylic oxidation sites excluding steroid dienone is 8. The SMILES string of the molecule is C=CC(C)=O.CC/C=C(/N=C1/C(F)=C(c2ccc(F)c3sc(C(C)C)c(C#N)c23)C(C)=C/C1=C(/C)N(CC)C(CCC(C)C)C(C)C)OCC12CCCN1C[C@H](C)C2. The molecule has 3 atom stereocenters. The van der Waals surface area contributed by atoms with Crippen molar-refractivity contribution in [1.82, 2.24) is 9.80 Å². The molecule has 316 valence electrons. The number of thiophene rings is 1. The summed E-state index contributed by atoms with van der Waals surface area (Å²) in [6.07, 6.45) is 11.5. The van der Waals surface area contributed by atoms with Gasteiger partial charge in [0.1, 0.15) is 24.2 Å². The lowest BCUT2D eigenvalue weighted by Gasteiger charge is -2.38. The van der Waals surface area contributed by atoms with E-state index in [2.05, 4.69) is 70.9 Å². The molecule has 2 aromatic rings.